The molecule has 0 spiro atoms. The molecule has 0 radical (unpaired) electrons. The predicted octanol–water partition coefficient (Wildman–Crippen LogP) is 5.70. The number of rotatable bonds is 6. The van der Waals surface area contributed by atoms with E-state index < -0.39 is 14.7 Å². The lowest BCUT2D eigenvalue weighted by Crippen LogP contribution is -2.63. The molecule has 1 aliphatic heterocycles. The van der Waals surface area contributed by atoms with E-state index in [4.69, 9.17) is 8.85 Å². The van der Waals surface area contributed by atoms with Crippen LogP contribution in [0.5, 0.6) is 0 Å². The van der Waals surface area contributed by atoms with E-state index >= 15 is 0 Å². The molecule has 1 aliphatic rings. The van der Waals surface area contributed by atoms with Gasteiger partial charge in [0.05, 0.1) is 12.2 Å². The van der Waals surface area contributed by atoms with Crippen molar-refractivity contribution in [3.63, 3.8) is 0 Å². The van der Waals surface area contributed by atoms with E-state index in [9.17, 15) is 9.90 Å². The van der Waals surface area contributed by atoms with Crippen LogP contribution in [-0.2, 0) is 13.6 Å². The second kappa shape index (κ2) is 8.78. The first-order chi connectivity index (χ1) is 12.9. The fourth-order valence-corrected chi connectivity index (χ4v) is 9.54. The molecular weight excluding hydrogens is 368 g/mol. The van der Waals surface area contributed by atoms with Gasteiger partial charge in [0.2, 0.25) is 0 Å². The lowest BCUT2D eigenvalue weighted by atomic mass is 9.99. The number of Topliss-reactive ketones (excluding diaryl/α,β-unsaturated/α-hetero) is 1. The molecule has 158 valence electrons. The Balaban J connectivity index is 2.15. The van der Waals surface area contributed by atoms with Gasteiger partial charge in [-0.25, -0.2) is 0 Å². The van der Waals surface area contributed by atoms with E-state index in [2.05, 4.69) is 48.5 Å². The first-order valence-electron chi connectivity index (χ1n) is 10.5. The highest BCUT2D eigenvalue weighted by atomic mass is 28.4. The Morgan fingerprint density at radius 3 is 2.11 bits per heavy atom. The molecule has 0 bridgehead atoms. The van der Waals surface area contributed by atoms with Gasteiger partial charge in [0.25, 0.3) is 0 Å². The highest BCUT2D eigenvalue weighted by Crippen LogP contribution is 2.55. The minimum Gasteiger partial charge on any atom is -0.390 e. The van der Waals surface area contributed by atoms with Gasteiger partial charge in [-0.1, -0.05) is 78.8 Å². The van der Waals surface area contributed by atoms with E-state index in [-0.39, 0.29) is 34.5 Å². The van der Waals surface area contributed by atoms with Crippen molar-refractivity contribution >= 4 is 14.3 Å². The van der Waals surface area contributed by atoms with Gasteiger partial charge in [-0.3, -0.25) is 4.79 Å². The van der Waals surface area contributed by atoms with E-state index in [1.807, 2.05) is 30.3 Å². The molecule has 1 heterocycles. The second-order valence-corrected chi connectivity index (χ2v) is 14.8. The largest absolute Gasteiger partial charge is 0.390 e. The van der Waals surface area contributed by atoms with Crippen LogP contribution in [0.25, 0.3) is 0 Å². The molecule has 0 saturated carbocycles. The number of carbonyl (C=O) groups is 1. The molecule has 0 aliphatic carbocycles. The molecule has 1 aromatic rings. The Hall–Kier alpha value is -1.01. The molecule has 1 saturated heterocycles. The Morgan fingerprint density at radius 1 is 1.07 bits per heavy atom. The number of carbonyl (C=O) groups excluding carboxylic acids is 1. The zero-order valence-electron chi connectivity index (χ0n) is 18.6. The molecule has 28 heavy (non-hydrogen) atoms. The van der Waals surface area contributed by atoms with Crippen molar-refractivity contribution in [3.05, 3.63) is 35.9 Å². The smallest absolute Gasteiger partial charge is 0.349 e. The minimum atomic E-state index is -2.62. The summed E-state index contributed by atoms with van der Waals surface area (Å²) in [4.78, 5) is 12.7. The number of aliphatic hydroxyl groups excluding tert-OH is 1. The first-order valence-corrected chi connectivity index (χ1v) is 12.3. The summed E-state index contributed by atoms with van der Waals surface area (Å²) in [6.07, 6.45) is 1.34. The summed E-state index contributed by atoms with van der Waals surface area (Å²) in [5.74, 6) is 0.0452. The van der Waals surface area contributed by atoms with Crippen LogP contribution in [0.4, 0.5) is 0 Å². The molecule has 0 unspecified atom stereocenters. The lowest BCUT2D eigenvalue weighted by molar-refractivity contribution is -0.124. The van der Waals surface area contributed by atoms with Gasteiger partial charge in [0, 0.05) is 29.0 Å². The summed E-state index contributed by atoms with van der Waals surface area (Å²) >= 11 is 0. The molecule has 1 N–H and O–H groups in total. The van der Waals surface area contributed by atoms with Crippen molar-refractivity contribution in [1.29, 1.82) is 0 Å². The van der Waals surface area contributed by atoms with Crippen LogP contribution in [-0.4, -0.2) is 31.7 Å². The van der Waals surface area contributed by atoms with Crippen molar-refractivity contribution in [2.75, 3.05) is 0 Å². The monoisotopic (exact) mass is 406 g/mol. The molecule has 0 amide bonds. The Morgan fingerprint density at radius 2 is 1.61 bits per heavy atom. The summed E-state index contributed by atoms with van der Waals surface area (Å²) in [7, 11) is -2.62. The third kappa shape index (κ3) is 5.12. The molecular formula is C23H38O4Si. The van der Waals surface area contributed by atoms with Crippen LogP contribution in [0.2, 0.25) is 10.1 Å². The standard InChI is InChI=1S/C23H38O4Si/c1-8-19-16-20(27-28(26-19,22(2,3)4)23(5,6)7)14-18(24)15-21(25)17-12-10-9-11-13-17/h9-13,19-21,25H,8,14-16H2,1-7H3/t19-,20+,21+/m1/s1. The Kier molecular flexibility index (Phi) is 7.30. The van der Waals surface area contributed by atoms with Crippen LogP contribution >= 0.6 is 0 Å². The Labute approximate surface area is 171 Å². The zero-order valence-corrected chi connectivity index (χ0v) is 19.6. The quantitative estimate of drug-likeness (QED) is 0.616. The number of hydrogen-bond acceptors (Lipinski definition) is 4. The zero-order chi connectivity index (χ0) is 21.2. The number of aliphatic hydroxyl groups is 1. The summed E-state index contributed by atoms with van der Waals surface area (Å²) in [6, 6.07) is 9.37. The van der Waals surface area contributed by atoms with Crippen molar-refractivity contribution in [1.82, 2.24) is 0 Å². The summed E-state index contributed by atoms with van der Waals surface area (Å²) in [5.41, 5.74) is 0.781. The van der Waals surface area contributed by atoms with Gasteiger partial charge in [-0.2, -0.15) is 0 Å². The highest BCUT2D eigenvalue weighted by Gasteiger charge is 2.61. The molecule has 5 heteroatoms. The molecule has 2 rings (SSSR count). The maximum absolute atomic E-state index is 12.7. The average Bonchev–Trinajstić information content (AvgIpc) is 2.60. The van der Waals surface area contributed by atoms with Crippen molar-refractivity contribution in [2.45, 2.75) is 103 Å². The number of hydrogen-bond donors (Lipinski definition) is 1. The molecule has 1 fully saturated rings. The molecule has 3 atom stereocenters. The number of benzene rings is 1. The van der Waals surface area contributed by atoms with Gasteiger partial charge in [-0.05, 0) is 18.4 Å². The van der Waals surface area contributed by atoms with Crippen molar-refractivity contribution < 1.29 is 18.8 Å². The summed E-state index contributed by atoms with van der Waals surface area (Å²) in [5, 5.41) is 10.2. The first kappa shape index (κ1) is 23.3. The van der Waals surface area contributed by atoms with Crippen LogP contribution < -0.4 is 0 Å². The maximum Gasteiger partial charge on any atom is 0.349 e. The SMILES string of the molecule is CC[C@@H]1C[C@H](CC(=O)C[C@H](O)c2ccccc2)O[Si](C(C)(C)C)(C(C)(C)C)O1. The highest BCUT2D eigenvalue weighted by molar-refractivity contribution is 6.73. The molecule has 4 nitrogen and oxygen atoms in total. The summed E-state index contributed by atoms with van der Waals surface area (Å²) < 4.78 is 13.4. The fourth-order valence-electron chi connectivity index (χ4n) is 4.44. The average molecular weight is 407 g/mol. The van der Waals surface area contributed by atoms with Gasteiger partial charge in [0.15, 0.2) is 0 Å². The molecule has 0 aromatic heterocycles. The van der Waals surface area contributed by atoms with E-state index in [1.165, 1.54) is 0 Å². The van der Waals surface area contributed by atoms with E-state index in [1.54, 1.807) is 0 Å². The van der Waals surface area contributed by atoms with Gasteiger partial charge >= 0.3 is 8.56 Å². The van der Waals surface area contributed by atoms with Crippen LogP contribution in [0.3, 0.4) is 0 Å². The van der Waals surface area contributed by atoms with E-state index in [0.717, 1.165) is 18.4 Å². The second-order valence-electron chi connectivity index (χ2n) is 10.1. The number of ketones is 1. The van der Waals surface area contributed by atoms with Crippen molar-refractivity contribution in [3.8, 4) is 0 Å². The third-order valence-corrected chi connectivity index (χ3v) is 11.0. The Bertz CT molecular complexity index is 631. The minimum absolute atomic E-state index is 0.0452. The fraction of sp³-hybridized carbons (Fsp3) is 0.696. The molecule has 1 aromatic carbocycles. The lowest BCUT2D eigenvalue weighted by Gasteiger charge is -2.55. The van der Waals surface area contributed by atoms with Gasteiger partial charge < -0.3 is 14.0 Å². The third-order valence-electron chi connectivity index (χ3n) is 5.68. The van der Waals surface area contributed by atoms with Gasteiger partial charge in [-0.15, -0.1) is 0 Å². The van der Waals surface area contributed by atoms with Crippen LogP contribution in [0, 0.1) is 0 Å². The van der Waals surface area contributed by atoms with Crippen LogP contribution in [0.15, 0.2) is 30.3 Å². The van der Waals surface area contributed by atoms with Crippen LogP contribution in [0.1, 0.15) is 85.8 Å². The maximum atomic E-state index is 12.7. The topological polar surface area (TPSA) is 55.8 Å². The van der Waals surface area contributed by atoms with Crippen molar-refractivity contribution in [2.24, 2.45) is 0 Å². The van der Waals surface area contributed by atoms with E-state index in [0.29, 0.717) is 6.42 Å². The summed E-state index contributed by atoms with van der Waals surface area (Å²) in [6.45, 7) is 15.3. The van der Waals surface area contributed by atoms with Gasteiger partial charge in [0.1, 0.15) is 5.78 Å². The normalized spacial score (nSPS) is 24.0. The predicted molar refractivity (Wildman–Crippen MR) is 115 cm³/mol.